The first-order chi connectivity index (χ1) is 14.0. The predicted molar refractivity (Wildman–Crippen MR) is 119 cm³/mol. The molecule has 5 nitrogen and oxygen atoms in total. The number of nitrogens with one attached hydrogen (secondary N) is 1. The van der Waals surface area contributed by atoms with E-state index in [0.29, 0.717) is 11.9 Å². The van der Waals surface area contributed by atoms with E-state index in [-0.39, 0.29) is 17.4 Å². The first-order valence-electron chi connectivity index (χ1n) is 9.70. The van der Waals surface area contributed by atoms with E-state index >= 15 is 0 Å². The second-order valence-corrected chi connectivity index (χ2v) is 8.42. The smallest absolute Gasteiger partial charge is 0.276 e. The molecule has 0 bridgehead atoms. The van der Waals surface area contributed by atoms with E-state index in [9.17, 15) is 9.59 Å². The molecule has 0 aliphatic carbocycles. The van der Waals surface area contributed by atoms with Crippen molar-refractivity contribution in [3.63, 3.8) is 0 Å². The molecule has 1 N–H and O–H groups in total. The molecule has 2 aromatic carbocycles. The van der Waals surface area contributed by atoms with E-state index in [0.717, 1.165) is 26.0 Å². The van der Waals surface area contributed by atoms with Gasteiger partial charge in [0.05, 0.1) is 15.8 Å². The molecule has 0 fully saturated rings. The Kier molecular flexibility index (Phi) is 5.20. The van der Waals surface area contributed by atoms with Crippen molar-refractivity contribution in [3.8, 4) is 0 Å². The van der Waals surface area contributed by atoms with Crippen LogP contribution in [-0.4, -0.2) is 22.2 Å². The van der Waals surface area contributed by atoms with Crippen molar-refractivity contribution >= 4 is 37.4 Å². The maximum atomic E-state index is 13.2. The van der Waals surface area contributed by atoms with Crippen molar-refractivity contribution in [3.05, 3.63) is 76.2 Å². The van der Waals surface area contributed by atoms with Crippen LogP contribution in [0, 0.1) is 6.92 Å². The van der Waals surface area contributed by atoms with E-state index in [2.05, 4.69) is 17.3 Å². The van der Waals surface area contributed by atoms with Crippen LogP contribution in [-0.2, 0) is 4.79 Å². The monoisotopic (exact) mass is 405 g/mol. The Bertz CT molecular complexity index is 1240. The van der Waals surface area contributed by atoms with Gasteiger partial charge in [-0.25, -0.2) is 4.68 Å². The lowest BCUT2D eigenvalue weighted by Crippen LogP contribution is -2.38. The molecule has 2 aromatic heterocycles. The zero-order chi connectivity index (χ0) is 20.5. The summed E-state index contributed by atoms with van der Waals surface area (Å²) in [4.78, 5) is 26.0. The number of benzene rings is 2. The number of carbonyl (C=O) groups is 1. The average Bonchev–Trinajstić information content (AvgIpc) is 3.15. The van der Waals surface area contributed by atoms with E-state index in [1.807, 2.05) is 61.5 Å². The van der Waals surface area contributed by atoms with Crippen molar-refractivity contribution in [2.75, 3.05) is 6.54 Å². The van der Waals surface area contributed by atoms with Gasteiger partial charge in [-0.15, -0.1) is 11.3 Å². The minimum Gasteiger partial charge on any atom is -0.354 e. The van der Waals surface area contributed by atoms with Crippen LogP contribution in [0.5, 0.6) is 0 Å². The SMILES string of the molecule is Cc1nn([C@@H](C)C(=O)NC[C@@H](C)c2ccccc2)c(=O)c2c1sc1ccccc12. The van der Waals surface area contributed by atoms with Gasteiger partial charge in [0, 0.05) is 16.6 Å². The summed E-state index contributed by atoms with van der Waals surface area (Å²) in [6, 6.07) is 17.2. The number of hydrogen-bond acceptors (Lipinski definition) is 4. The van der Waals surface area contributed by atoms with Crippen LogP contribution in [0.1, 0.15) is 37.1 Å². The summed E-state index contributed by atoms with van der Waals surface area (Å²) in [7, 11) is 0. The molecule has 0 spiro atoms. The molecule has 2 atom stereocenters. The van der Waals surface area contributed by atoms with Crippen LogP contribution in [0.3, 0.4) is 0 Å². The molecule has 0 saturated heterocycles. The van der Waals surface area contributed by atoms with Gasteiger partial charge in [-0.05, 0) is 31.4 Å². The molecule has 1 amide bonds. The first-order valence-corrected chi connectivity index (χ1v) is 10.5. The van der Waals surface area contributed by atoms with Crippen molar-refractivity contribution in [1.82, 2.24) is 15.1 Å². The second-order valence-electron chi connectivity index (χ2n) is 7.37. The number of rotatable bonds is 5. The number of aromatic nitrogens is 2. The lowest BCUT2D eigenvalue weighted by Gasteiger charge is -2.17. The summed E-state index contributed by atoms with van der Waals surface area (Å²) in [6.45, 7) is 6.18. The van der Waals surface area contributed by atoms with Crippen molar-refractivity contribution in [2.45, 2.75) is 32.7 Å². The van der Waals surface area contributed by atoms with Crippen molar-refractivity contribution in [2.24, 2.45) is 0 Å². The lowest BCUT2D eigenvalue weighted by molar-refractivity contribution is -0.124. The summed E-state index contributed by atoms with van der Waals surface area (Å²) >= 11 is 1.57. The molecular weight excluding hydrogens is 382 g/mol. The number of fused-ring (bicyclic) bond motifs is 3. The highest BCUT2D eigenvalue weighted by Gasteiger charge is 2.22. The topological polar surface area (TPSA) is 64.0 Å². The molecule has 0 radical (unpaired) electrons. The normalized spacial score (nSPS) is 13.5. The molecule has 4 aromatic rings. The molecule has 0 aliphatic heterocycles. The average molecular weight is 406 g/mol. The Morgan fingerprint density at radius 3 is 2.55 bits per heavy atom. The Morgan fingerprint density at radius 1 is 1.10 bits per heavy atom. The maximum Gasteiger partial charge on any atom is 0.276 e. The third-order valence-electron chi connectivity index (χ3n) is 5.30. The fourth-order valence-corrected chi connectivity index (χ4v) is 4.69. The van der Waals surface area contributed by atoms with Gasteiger partial charge in [0.1, 0.15) is 6.04 Å². The van der Waals surface area contributed by atoms with Gasteiger partial charge < -0.3 is 5.32 Å². The number of aryl methyl sites for hydroxylation is 1. The Labute approximate surface area is 173 Å². The van der Waals surface area contributed by atoms with Gasteiger partial charge in [0.2, 0.25) is 5.91 Å². The Balaban J connectivity index is 1.62. The summed E-state index contributed by atoms with van der Waals surface area (Å²) in [6.07, 6.45) is 0. The molecule has 6 heteroatoms. The number of carbonyl (C=O) groups excluding carboxylic acids is 1. The predicted octanol–water partition coefficient (Wildman–Crippen LogP) is 4.40. The third-order valence-corrected chi connectivity index (χ3v) is 6.58. The van der Waals surface area contributed by atoms with Crippen molar-refractivity contribution in [1.29, 1.82) is 0 Å². The van der Waals surface area contributed by atoms with Crippen LogP contribution in [0.2, 0.25) is 0 Å². The molecule has 148 valence electrons. The highest BCUT2D eigenvalue weighted by atomic mass is 32.1. The van der Waals surface area contributed by atoms with Crippen LogP contribution in [0.15, 0.2) is 59.4 Å². The largest absolute Gasteiger partial charge is 0.354 e. The van der Waals surface area contributed by atoms with Gasteiger partial charge in [0.25, 0.3) is 5.56 Å². The molecule has 0 unspecified atom stereocenters. The van der Waals surface area contributed by atoms with Crippen LogP contribution in [0.4, 0.5) is 0 Å². The second kappa shape index (κ2) is 7.79. The van der Waals surface area contributed by atoms with E-state index in [1.54, 1.807) is 18.3 Å². The van der Waals surface area contributed by atoms with Crippen LogP contribution < -0.4 is 10.9 Å². The van der Waals surface area contributed by atoms with Crippen molar-refractivity contribution < 1.29 is 4.79 Å². The molecule has 0 saturated carbocycles. The summed E-state index contributed by atoms with van der Waals surface area (Å²) < 4.78 is 3.26. The summed E-state index contributed by atoms with van der Waals surface area (Å²) in [5.41, 5.74) is 1.71. The Morgan fingerprint density at radius 2 is 1.79 bits per heavy atom. The number of amides is 1. The quantitative estimate of drug-likeness (QED) is 0.535. The zero-order valence-electron chi connectivity index (χ0n) is 16.7. The van der Waals surface area contributed by atoms with Gasteiger partial charge in [-0.2, -0.15) is 5.10 Å². The summed E-state index contributed by atoms with van der Waals surface area (Å²) in [5.74, 6) is -0.0252. The molecular formula is C23H23N3O2S. The third kappa shape index (κ3) is 3.56. The van der Waals surface area contributed by atoms with E-state index < -0.39 is 6.04 Å². The molecule has 4 rings (SSSR count). The van der Waals surface area contributed by atoms with Gasteiger partial charge in [-0.3, -0.25) is 9.59 Å². The molecule has 29 heavy (non-hydrogen) atoms. The minimum absolute atomic E-state index is 0.182. The van der Waals surface area contributed by atoms with E-state index in [4.69, 9.17) is 0 Å². The van der Waals surface area contributed by atoms with Gasteiger partial charge >= 0.3 is 0 Å². The van der Waals surface area contributed by atoms with Gasteiger partial charge in [-0.1, -0.05) is 55.5 Å². The number of nitrogens with zero attached hydrogens (tertiary/aromatic N) is 2. The first kappa shape index (κ1) is 19.3. The number of hydrogen-bond donors (Lipinski definition) is 1. The fraction of sp³-hybridized carbons (Fsp3) is 0.261. The lowest BCUT2D eigenvalue weighted by atomic mass is 10.0. The van der Waals surface area contributed by atoms with Crippen LogP contribution >= 0.6 is 11.3 Å². The highest BCUT2D eigenvalue weighted by Crippen LogP contribution is 2.32. The highest BCUT2D eigenvalue weighted by molar-refractivity contribution is 7.26. The molecule has 2 heterocycles. The fourth-order valence-electron chi connectivity index (χ4n) is 3.55. The summed E-state index contributed by atoms with van der Waals surface area (Å²) in [5, 5.41) is 8.99. The standard InChI is InChI=1S/C23H23N3O2S/c1-14(17-9-5-4-6-10-17)13-24-22(27)16(3)26-23(28)20-18-11-7-8-12-19(18)29-21(20)15(2)25-26/h4-12,14,16H,13H2,1-3H3,(H,24,27)/t14-,16+/m1/s1. The zero-order valence-corrected chi connectivity index (χ0v) is 17.5. The van der Waals surface area contributed by atoms with E-state index in [1.165, 1.54) is 4.68 Å². The Hall–Kier alpha value is -2.99. The van der Waals surface area contributed by atoms with Crippen LogP contribution in [0.25, 0.3) is 20.2 Å². The number of thiophene rings is 1. The molecule has 0 aliphatic rings. The maximum absolute atomic E-state index is 13.2. The van der Waals surface area contributed by atoms with Gasteiger partial charge in [0.15, 0.2) is 0 Å². The minimum atomic E-state index is -0.688.